The van der Waals surface area contributed by atoms with E-state index >= 15 is 0 Å². The van der Waals surface area contributed by atoms with Crippen molar-refractivity contribution in [2.45, 2.75) is 11.8 Å². The number of thioether (sulfide) groups is 1. The zero-order valence-corrected chi connectivity index (χ0v) is 13.9. The number of benzene rings is 2. The molecular formula is C17H18ClNO2S. The van der Waals surface area contributed by atoms with E-state index in [0.29, 0.717) is 29.7 Å². The molecule has 1 amide bonds. The van der Waals surface area contributed by atoms with Crippen LogP contribution >= 0.6 is 23.4 Å². The second-order valence-corrected chi connectivity index (χ2v) is 6.19. The van der Waals surface area contributed by atoms with Gasteiger partial charge in [0.25, 0.3) is 0 Å². The smallest absolute Gasteiger partial charge is 0.230 e. The van der Waals surface area contributed by atoms with Crippen LogP contribution in [0.15, 0.2) is 53.4 Å². The number of rotatable bonds is 7. The number of halogens is 1. The van der Waals surface area contributed by atoms with E-state index in [1.807, 2.05) is 43.3 Å². The topological polar surface area (TPSA) is 38.3 Å². The molecule has 0 unspecified atom stereocenters. The number of carbonyl (C=O) groups excluding carboxylic acids is 1. The van der Waals surface area contributed by atoms with E-state index < -0.39 is 0 Å². The molecule has 0 aliphatic rings. The standard InChI is InChI=1S/C17H18ClNO2S/c1-13-6-8-14(9-7-13)22-12-17(20)19-10-11-21-16-5-3-2-4-15(16)18/h2-9H,10-12H2,1H3,(H,19,20). The monoisotopic (exact) mass is 335 g/mol. The summed E-state index contributed by atoms with van der Waals surface area (Å²) >= 11 is 7.50. The molecule has 0 aliphatic carbocycles. The molecule has 0 heterocycles. The van der Waals surface area contributed by atoms with E-state index in [9.17, 15) is 4.79 Å². The molecule has 5 heteroatoms. The maximum absolute atomic E-state index is 11.7. The number of hydrogen-bond donors (Lipinski definition) is 1. The van der Waals surface area contributed by atoms with Crippen LogP contribution in [-0.2, 0) is 4.79 Å². The first kappa shape index (κ1) is 16.7. The molecule has 0 aliphatic heterocycles. The lowest BCUT2D eigenvalue weighted by molar-refractivity contribution is -0.118. The molecular weight excluding hydrogens is 318 g/mol. The normalized spacial score (nSPS) is 10.3. The number of amides is 1. The molecule has 0 radical (unpaired) electrons. The molecule has 2 aromatic rings. The Bertz CT molecular complexity index is 616. The Hall–Kier alpha value is -1.65. The molecule has 2 aromatic carbocycles. The second-order valence-electron chi connectivity index (χ2n) is 4.73. The molecule has 0 aromatic heterocycles. The van der Waals surface area contributed by atoms with Crippen LogP contribution in [0, 0.1) is 6.92 Å². The minimum Gasteiger partial charge on any atom is -0.490 e. The van der Waals surface area contributed by atoms with Crippen molar-refractivity contribution in [1.29, 1.82) is 0 Å². The Morgan fingerprint density at radius 1 is 1.18 bits per heavy atom. The number of carbonyl (C=O) groups is 1. The summed E-state index contributed by atoms with van der Waals surface area (Å²) in [5, 5.41) is 3.40. The van der Waals surface area contributed by atoms with Gasteiger partial charge in [0.05, 0.1) is 17.3 Å². The number of aryl methyl sites for hydroxylation is 1. The van der Waals surface area contributed by atoms with Gasteiger partial charge in [0, 0.05) is 4.90 Å². The maximum Gasteiger partial charge on any atom is 0.230 e. The summed E-state index contributed by atoms with van der Waals surface area (Å²) in [4.78, 5) is 12.8. The third-order valence-corrected chi connectivity index (χ3v) is 4.23. The predicted molar refractivity (Wildman–Crippen MR) is 91.9 cm³/mol. The summed E-state index contributed by atoms with van der Waals surface area (Å²) in [6, 6.07) is 15.4. The van der Waals surface area contributed by atoms with Gasteiger partial charge in [-0.25, -0.2) is 0 Å². The van der Waals surface area contributed by atoms with Gasteiger partial charge < -0.3 is 10.1 Å². The Labute approximate surface area is 140 Å². The van der Waals surface area contributed by atoms with Crippen molar-refractivity contribution in [1.82, 2.24) is 5.32 Å². The van der Waals surface area contributed by atoms with E-state index in [2.05, 4.69) is 5.32 Å². The average molecular weight is 336 g/mol. The molecule has 116 valence electrons. The molecule has 0 atom stereocenters. The van der Waals surface area contributed by atoms with Crippen molar-refractivity contribution in [3.05, 3.63) is 59.1 Å². The van der Waals surface area contributed by atoms with E-state index in [-0.39, 0.29) is 5.91 Å². The van der Waals surface area contributed by atoms with E-state index in [1.165, 1.54) is 17.3 Å². The lowest BCUT2D eigenvalue weighted by Crippen LogP contribution is -2.29. The molecule has 3 nitrogen and oxygen atoms in total. The Kier molecular flexibility index (Phi) is 6.62. The van der Waals surface area contributed by atoms with Gasteiger partial charge in [-0.05, 0) is 31.2 Å². The molecule has 0 saturated heterocycles. The molecule has 22 heavy (non-hydrogen) atoms. The van der Waals surface area contributed by atoms with Gasteiger partial charge >= 0.3 is 0 Å². The van der Waals surface area contributed by atoms with Gasteiger partial charge in [0.1, 0.15) is 12.4 Å². The van der Waals surface area contributed by atoms with E-state index in [4.69, 9.17) is 16.3 Å². The fourth-order valence-electron chi connectivity index (χ4n) is 1.75. The van der Waals surface area contributed by atoms with Crippen molar-refractivity contribution >= 4 is 29.3 Å². The minimum atomic E-state index is -0.00617. The number of para-hydroxylation sites is 1. The van der Waals surface area contributed by atoms with E-state index in [0.717, 1.165) is 4.90 Å². The average Bonchev–Trinajstić information content (AvgIpc) is 2.52. The SMILES string of the molecule is Cc1ccc(SCC(=O)NCCOc2ccccc2Cl)cc1. The summed E-state index contributed by atoms with van der Waals surface area (Å²) in [6.45, 7) is 2.89. The van der Waals surface area contributed by atoms with Crippen LogP contribution in [0.1, 0.15) is 5.56 Å². The number of ether oxygens (including phenoxy) is 1. The second kappa shape index (κ2) is 8.71. The van der Waals surface area contributed by atoms with Crippen LogP contribution in [-0.4, -0.2) is 24.8 Å². The molecule has 0 bridgehead atoms. The third kappa shape index (κ3) is 5.62. The molecule has 2 rings (SSSR count). The fraction of sp³-hybridized carbons (Fsp3) is 0.235. The largest absolute Gasteiger partial charge is 0.490 e. The highest BCUT2D eigenvalue weighted by atomic mass is 35.5. The summed E-state index contributed by atoms with van der Waals surface area (Å²) < 4.78 is 5.51. The summed E-state index contributed by atoms with van der Waals surface area (Å²) in [7, 11) is 0. The first-order valence-electron chi connectivity index (χ1n) is 6.98. The van der Waals surface area contributed by atoms with Crippen molar-refractivity contribution in [2.24, 2.45) is 0 Å². The highest BCUT2D eigenvalue weighted by Crippen LogP contribution is 2.22. The number of nitrogens with one attached hydrogen (secondary N) is 1. The molecule has 1 N–H and O–H groups in total. The van der Waals surface area contributed by atoms with Crippen LogP contribution in [0.3, 0.4) is 0 Å². The lowest BCUT2D eigenvalue weighted by atomic mass is 10.2. The molecule has 0 spiro atoms. The maximum atomic E-state index is 11.7. The zero-order valence-electron chi connectivity index (χ0n) is 12.3. The minimum absolute atomic E-state index is 0.00617. The first-order valence-corrected chi connectivity index (χ1v) is 8.35. The zero-order chi connectivity index (χ0) is 15.8. The van der Waals surface area contributed by atoms with Crippen molar-refractivity contribution in [3.63, 3.8) is 0 Å². The summed E-state index contributed by atoms with van der Waals surface area (Å²) in [5.74, 6) is 1.02. The highest BCUT2D eigenvalue weighted by Gasteiger charge is 2.03. The van der Waals surface area contributed by atoms with Crippen molar-refractivity contribution in [3.8, 4) is 5.75 Å². The number of hydrogen-bond acceptors (Lipinski definition) is 3. The van der Waals surface area contributed by atoms with Gasteiger partial charge in [-0.15, -0.1) is 11.8 Å². The van der Waals surface area contributed by atoms with E-state index in [1.54, 1.807) is 12.1 Å². The van der Waals surface area contributed by atoms with Gasteiger partial charge in [-0.2, -0.15) is 0 Å². The van der Waals surface area contributed by atoms with Crippen LogP contribution in [0.25, 0.3) is 0 Å². The van der Waals surface area contributed by atoms with Crippen LogP contribution in [0.4, 0.5) is 0 Å². The van der Waals surface area contributed by atoms with Crippen molar-refractivity contribution < 1.29 is 9.53 Å². The quantitative estimate of drug-likeness (QED) is 0.615. The first-order chi connectivity index (χ1) is 10.6. The Morgan fingerprint density at radius 3 is 2.64 bits per heavy atom. The predicted octanol–water partition coefficient (Wildman–Crippen LogP) is 3.94. The van der Waals surface area contributed by atoms with Crippen LogP contribution in [0.2, 0.25) is 5.02 Å². The van der Waals surface area contributed by atoms with Gasteiger partial charge in [-0.3, -0.25) is 4.79 Å². The third-order valence-electron chi connectivity index (χ3n) is 2.91. The van der Waals surface area contributed by atoms with Crippen LogP contribution < -0.4 is 10.1 Å². The highest BCUT2D eigenvalue weighted by molar-refractivity contribution is 8.00. The van der Waals surface area contributed by atoms with Crippen molar-refractivity contribution in [2.75, 3.05) is 18.9 Å². The van der Waals surface area contributed by atoms with Gasteiger partial charge in [0.15, 0.2) is 0 Å². The Morgan fingerprint density at radius 2 is 1.91 bits per heavy atom. The Balaban J connectivity index is 1.64. The molecule has 0 saturated carbocycles. The lowest BCUT2D eigenvalue weighted by Gasteiger charge is -2.09. The summed E-state index contributed by atoms with van der Waals surface area (Å²) in [6.07, 6.45) is 0. The van der Waals surface area contributed by atoms with Gasteiger partial charge in [-0.1, -0.05) is 41.4 Å². The van der Waals surface area contributed by atoms with Gasteiger partial charge in [0.2, 0.25) is 5.91 Å². The van der Waals surface area contributed by atoms with Crippen LogP contribution in [0.5, 0.6) is 5.75 Å². The molecule has 0 fully saturated rings. The summed E-state index contributed by atoms with van der Waals surface area (Å²) in [5.41, 5.74) is 1.21. The fourth-order valence-corrected chi connectivity index (χ4v) is 2.67.